The zero-order valence-electron chi connectivity index (χ0n) is 17.5. The highest BCUT2D eigenvalue weighted by Crippen LogP contribution is 2.30. The van der Waals surface area contributed by atoms with Gasteiger partial charge in [0.05, 0.1) is 6.04 Å². The Kier molecular flexibility index (Phi) is 8.84. The maximum atomic E-state index is 5.26. The number of hydrogen-bond donors (Lipinski definition) is 0. The first kappa shape index (κ1) is 22.0. The van der Waals surface area contributed by atoms with Gasteiger partial charge in [0.2, 0.25) is 0 Å². The minimum Gasteiger partial charge on any atom is -0.356 e. The fourth-order valence-electron chi connectivity index (χ4n) is 4.12. The highest BCUT2D eigenvalue weighted by Gasteiger charge is 2.30. The summed E-state index contributed by atoms with van der Waals surface area (Å²) in [7, 11) is 2.20. The quantitative estimate of drug-likeness (QED) is 0.267. The molecule has 2 unspecified atom stereocenters. The first-order valence-electron chi connectivity index (χ1n) is 10.1. The van der Waals surface area contributed by atoms with Gasteiger partial charge in [-0.1, -0.05) is 43.5 Å². The molecular formula is C22H36N4S. The highest BCUT2D eigenvalue weighted by molar-refractivity contribution is 7.96. The molecule has 5 heteroatoms. The summed E-state index contributed by atoms with van der Waals surface area (Å²) in [6.45, 7) is 14.2. The number of aliphatic imine (C=N–C) groups is 2. The molecule has 4 nitrogen and oxygen atoms in total. The normalized spacial score (nSPS) is 26.3. The molecule has 2 rings (SSSR count). The lowest BCUT2D eigenvalue weighted by molar-refractivity contribution is 0.301. The van der Waals surface area contributed by atoms with Crippen molar-refractivity contribution >= 4 is 24.5 Å². The minimum atomic E-state index is 0.369. The van der Waals surface area contributed by atoms with Gasteiger partial charge in [0.25, 0.3) is 0 Å². The van der Waals surface area contributed by atoms with Crippen molar-refractivity contribution in [2.24, 2.45) is 15.9 Å². The third kappa shape index (κ3) is 6.08. The van der Waals surface area contributed by atoms with E-state index >= 15 is 0 Å². The Bertz CT molecular complexity index is 599. The molecule has 0 bridgehead atoms. The molecule has 1 heterocycles. The molecule has 0 aromatic carbocycles. The Morgan fingerprint density at radius 1 is 1.22 bits per heavy atom. The number of rotatable bonds is 7. The van der Waals surface area contributed by atoms with Gasteiger partial charge in [-0.15, -0.1) is 0 Å². The predicted molar refractivity (Wildman–Crippen MR) is 122 cm³/mol. The molecule has 150 valence electrons. The van der Waals surface area contributed by atoms with Crippen LogP contribution in [0.1, 0.15) is 46.0 Å². The smallest absolute Gasteiger partial charge is 0.132 e. The van der Waals surface area contributed by atoms with Crippen molar-refractivity contribution < 1.29 is 0 Å². The first-order valence-corrected chi connectivity index (χ1v) is 11.2. The molecule has 2 aliphatic rings. The topological polar surface area (TPSA) is 31.2 Å². The van der Waals surface area contributed by atoms with Crippen molar-refractivity contribution in [3.05, 3.63) is 36.1 Å². The van der Waals surface area contributed by atoms with Gasteiger partial charge < -0.3 is 4.90 Å². The molecule has 0 spiro atoms. The summed E-state index contributed by atoms with van der Waals surface area (Å²) in [5.74, 6) is 1.76. The van der Waals surface area contributed by atoms with Crippen molar-refractivity contribution in [1.82, 2.24) is 9.21 Å². The van der Waals surface area contributed by atoms with Crippen LogP contribution in [-0.2, 0) is 0 Å². The summed E-state index contributed by atoms with van der Waals surface area (Å²) in [5, 5.41) is 0. The first-order chi connectivity index (χ1) is 13.0. The molecule has 1 aliphatic carbocycles. The lowest BCUT2D eigenvalue weighted by Gasteiger charge is -2.34. The van der Waals surface area contributed by atoms with Gasteiger partial charge in [-0.3, -0.25) is 14.3 Å². The summed E-state index contributed by atoms with van der Waals surface area (Å²) in [5.41, 5.74) is 2.15. The van der Waals surface area contributed by atoms with Crippen LogP contribution >= 0.6 is 11.9 Å². The zero-order chi connectivity index (χ0) is 19.8. The van der Waals surface area contributed by atoms with Gasteiger partial charge in [-0.05, 0) is 57.6 Å². The van der Waals surface area contributed by atoms with E-state index in [0.717, 1.165) is 42.9 Å². The van der Waals surface area contributed by atoms with Crippen LogP contribution in [0.4, 0.5) is 0 Å². The number of piperidine rings is 1. The van der Waals surface area contributed by atoms with Gasteiger partial charge in [-0.2, -0.15) is 0 Å². The average Bonchev–Trinajstić information content (AvgIpc) is 3.11. The van der Waals surface area contributed by atoms with Crippen molar-refractivity contribution in [3.8, 4) is 0 Å². The van der Waals surface area contributed by atoms with Crippen LogP contribution in [0.5, 0.6) is 0 Å². The molecule has 0 amide bonds. The maximum Gasteiger partial charge on any atom is 0.132 e. The van der Waals surface area contributed by atoms with E-state index in [1.807, 2.05) is 24.2 Å². The number of amidine groups is 1. The number of allylic oxidation sites excluding steroid dienone is 2. The Labute approximate surface area is 170 Å². The highest BCUT2D eigenvalue weighted by atomic mass is 32.2. The fourth-order valence-corrected chi connectivity index (χ4v) is 4.69. The van der Waals surface area contributed by atoms with Crippen LogP contribution in [-0.4, -0.2) is 60.2 Å². The average molecular weight is 389 g/mol. The number of hydrogen-bond acceptors (Lipinski definition) is 4. The van der Waals surface area contributed by atoms with Gasteiger partial charge >= 0.3 is 0 Å². The van der Waals surface area contributed by atoms with E-state index in [0.29, 0.717) is 18.0 Å². The third-order valence-corrected chi connectivity index (χ3v) is 6.71. The van der Waals surface area contributed by atoms with Crippen LogP contribution in [0.2, 0.25) is 0 Å². The maximum absolute atomic E-state index is 5.26. The molecule has 0 aromatic heterocycles. The summed E-state index contributed by atoms with van der Waals surface area (Å²) in [6, 6.07) is 0.911. The zero-order valence-corrected chi connectivity index (χ0v) is 18.3. The van der Waals surface area contributed by atoms with Crippen LogP contribution in [0, 0.1) is 5.92 Å². The molecular weight excluding hydrogens is 352 g/mol. The molecule has 1 aliphatic heterocycles. The van der Waals surface area contributed by atoms with E-state index in [1.165, 1.54) is 19.3 Å². The monoisotopic (exact) mass is 388 g/mol. The van der Waals surface area contributed by atoms with Crippen LogP contribution in [0.3, 0.4) is 0 Å². The third-order valence-electron chi connectivity index (χ3n) is 5.83. The number of nitrogens with zero attached hydrogens (tertiary/aromatic N) is 4. The summed E-state index contributed by atoms with van der Waals surface area (Å²) in [4.78, 5) is 11.7. The van der Waals surface area contributed by atoms with E-state index in [9.17, 15) is 0 Å². The van der Waals surface area contributed by atoms with Gasteiger partial charge in [0.15, 0.2) is 0 Å². The van der Waals surface area contributed by atoms with Crippen LogP contribution < -0.4 is 0 Å². The molecule has 0 aromatic rings. The van der Waals surface area contributed by atoms with Gasteiger partial charge in [0, 0.05) is 38.0 Å². The van der Waals surface area contributed by atoms with Gasteiger partial charge in [0.1, 0.15) is 5.84 Å². The van der Waals surface area contributed by atoms with E-state index in [-0.39, 0.29) is 0 Å². The van der Waals surface area contributed by atoms with Crippen molar-refractivity contribution in [1.29, 1.82) is 0 Å². The molecule has 0 radical (unpaired) electrons. The minimum absolute atomic E-state index is 0.369. The largest absolute Gasteiger partial charge is 0.356 e. The summed E-state index contributed by atoms with van der Waals surface area (Å²) >= 11 is 1.84. The molecule has 1 saturated heterocycles. The molecule has 27 heavy (non-hydrogen) atoms. The van der Waals surface area contributed by atoms with Crippen molar-refractivity contribution in [2.45, 2.75) is 58.0 Å². The molecule has 0 N–H and O–H groups in total. The van der Waals surface area contributed by atoms with Gasteiger partial charge in [-0.25, -0.2) is 0 Å². The van der Waals surface area contributed by atoms with E-state index < -0.39 is 0 Å². The van der Waals surface area contributed by atoms with E-state index in [2.05, 4.69) is 60.7 Å². The van der Waals surface area contributed by atoms with Crippen LogP contribution in [0.15, 0.2) is 46.1 Å². The Hall–Kier alpha value is -1.33. The molecule has 2 atom stereocenters. The second-order valence-corrected chi connectivity index (χ2v) is 8.62. The molecule has 2 fully saturated rings. The Morgan fingerprint density at radius 3 is 2.44 bits per heavy atom. The summed E-state index contributed by atoms with van der Waals surface area (Å²) in [6.07, 6.45) is 14.1. The SMILES string of the molecule is C=C\C(C)=C/C(=C/N=C)C(=N\C1CCN(SC)CC1)/N(C)C1CCCC1C. The number of likely N-dealkylation sites (N-methyl/N-ethyl adjacent to an activating group) is 1. The predicted octanol–water partition coefficient (Wildman–Crippen LogP) is 4.96. The standard InChI is InChI=1S/C22H36N4S/c1-7-17(2)15-19(16-23-4)22(25(5)21-10-8-9-18(21)3)24-20-11-13-26(27-6)14-12-20/h7,15-16,18,20-21H,1,4,8-14H2,2-3,5-6H3/b17-15-,19-16-,24-22+. The lowest BCUT2D eigenvalue weighted by Crippen LogP contribution is -2.41. The Morgan fingerprint density at radius 2 is 1.93 bits per heavy atom. The molecule has 1 saturated carbocycles. The van der Waals surface area contributed by atoms with E-state index in [4.69, 9.17) is 4.99 Å². The second kappa shape index (κ2) is 10.9. The van der Waals surface area contributed by atoms with Crippen molar-refractivity contribution in [2.75, 3.05) is 26.4 Å². The summed E-state index contributed by atoms with van der Waals surface area (Å²) < 4.78 is 2.43. The fraction of sp³-hybridized carbons (Fsp3) is 0.636. The van der Waals surface area contributed by atoms with Crippen LogP contribution in [0.25, 0.3) is 0 Å². The Balaban J connectivity index is 2.34. The van der Waals surface area contributed by atoms with E-state index in [1.54, 1.807) is 0 Å². The van der Waals surface area contributed by atoms with Crippen molar-refractivity contribution in [3.63, 3.8) is 0 Å². The second-order valence-electron chi connectivity index (χ2n) is 7.74. The lowest BCUT2D eigenvalue weighted by atomic mass is 10.0.